The highest BCUT2D eigenvalue weighted by atomic mass is 16.1. The van der Waals surface area contributed by atoms with Crippen LogP contribution in [0.3, 0.4) is 0 Å². The largest absolute Gasteiger partial charge is 0.324 e. The molecule has 2 N–H and O–H groups in total. The zero-order chi connectivity index (χ0) is 21.3. The summed E-state index contributed by atoms with van der Waals surface area (Å²) in [6.45, 7) is 9.20. The second kappa shape index (κ2) is 7.94. The molecule has 3 aromatic rings. The van der Waals surface area contributed by atoms with Gasteiger partial charge in [-0.25, -0.2) is 4.98 Å². The molecule has 0 bridgehead atoms. The molecule has 30 heavy (non-hydrogen) atoms. The minimum absolute atomic E-state index is 0.169. The topological polar surface area (TPSA) is 57.8 Å². The SMILES string of the molecule is CCC1=C(C)/C(=C/c2ccc(C(=O)Nc3nc4ccccc4[nH]3)cc2)CCC1(C)C. The summed E-state index contributed by atoms with van der Waals surface area (Å²) in [5.74, 6) is 0.294. The Morgan fingerprint density at radius 1 is 1.17 bits per heavy atom. The summed E-state index contributed by atoms with van der Waals surface area (Å²) >= 11 is 0. The van der Waals surface area contributed by atoms with Crippen molar-refractivity contribution in [2.75, 3.05) is 5.32 Å². The lowest BCUT2D eigenvalue weighted by atomic mass is 9.70. The second-order valence-electron chi connectivity index (χ2n) is 8.69. The zero-order valence-electron chi connectivity index (χ0n) is 18.2. The molecular formula is C26H29N3O. The number of H-pyrrole nitrogens is 1. The third-order valence-electron chi connectivity index (χ3n) is 6.26. The molecule has 1 aliphatic carbocycles. The van der Waals surface area contributed by atoms with E-state index in [4.69, 9.17) is 0 Å². The van der Waals surface area contributed by atoms with Crippen molar-refractivity contribution in [2.45, 2.75) is 47.0 Å². The van der Waals surface area contributed by atoms with Crippen molar-refractivity contribution in [3.05, 3.63) is 76.4 Å². The van der Waals surface area contributed by atoms with Crippen LogP contribution in [-0.4, -0.2) is 15.9 Å². The van der Waals surface area contributed by atoms with Gasteiger partial charge in [-0.05, 0) is 72.6 Å². The Kier molecular flexibility index (Phi) is 5.33. The number of amides is 1. The van der Waals surface area contributed by atoms with Crippen molar-refractivity contribution in [1.82, 2.24) is 9.97 Å². The number of nitrogens with zero attached hydrogens (tertiary/aromatic N) is 1. The van der Waals surface area contributed by atoms with E-state index in [-0.39, 0.29) is 11.3 Å². The van der Waals surface area contributed by atoms with Gasteiger partial charge in [0.15, 0.2) is 0 Å². The predicted molar refractivity (Wildman–Crippen MR) is 124 cm³/mol. The first kappa shape index (κ1) is 20.1. The van der Waals surface area contributed by atoms with Crippen LogP contribution >= 0.6 is 0 Å². The number of allylic oxidation sites excluding steroid dienone is 3. The number of aromatic nitrogens is 2. The number of rotatable bonds is 4. The predicted octanol–water partition coefficient (Wildman–Crippen LogP) is 6.75. The molecule has 0 saturated carbocycles. The molecule has 0 fully saturated rings. The van der Waals surface area contributed by atoms with Crippen LogP contribution in [0.2, 0.25) is 0 Å². The Labute approximate surface area is 178 Å². The van der Waals surface area contributed by atoms with Crippen molar-refractivity contribution >= 4 is 29.0 Å². The molecule has 2 aromatic carbocycles. The molecule has 4 heteroatoms. The number of imidazole rings is 1. The number of aromatic amines is 1. The fraction of sp³-hybridized carbons (Fsp3) is 0.308. The molecule has 4 rings (SSSR count). The van der Waals surface area contributed by atoms with Gasteiger partial charge in [-0.3, -0.25) is 10.1 Å². The molecule has 0 saturated heterocycles. The molecule has 0 aliphatic heterocycles. The molecule has 0 unspecified atom stereocenters. The maximum absolute atomic E-state index is 12.6. The van der Waals surface area contributed by atoms with E-state index in [1.807, 2.05) is 48.5 Å². The van der Waals surface area contributed by atoms with Gasteiger partial charge in [-0.1, -0.05) is 56.7 Å². The van der Waals surface area contributed by atoms with Crippen LogP contribution in [0.15, 0.2) is 65.3 Å². The fourth-order valence-electron chi connectivity index (χ4n) is 4.53. The zero-order valence-corrected chi connectivity index (χ0v) is 18.2. The molecule has 4 nitrogen and oxygen atoms in total. The molecule has 1 aromatic heterocycles. The van der Waals surface area contributed by atoms with Gasteiger partial charge in [0.2, 0.25) is 5.95 Å². The Balaban J connectivity index is 1.51. The normalized spacial score (nSPS) is 17.5. The molecule has 0 spiro atoms. The number of para-hydroxylation sites is 2. The van der Waals surface area contributed by atoms with Crippen molar-refractivity contribution in [1.29, 1.82) is 0 Å². The van der Waals surface area contributed by atoms with Gasteiger partial charge < -0.3 is 4.98 Å². The molecular weight excluding hydrogens is 370 g/mol. The Morgan fingerprint density at radius 2 is 1.90 bits per heavy atom. The average molecular weight is 400 g/mol. The van der Waals surface area contributed by atoms with Crippen LogP contribution in [0.4, 0.5) is 5.95 Å². The number of hydrogen-bond donors (Lipinski definition) is 2. The Morgan fingerprint density at radius 3 is 2.60 bits per heavy atom. The number of nitrogens with one attached hydrogen (secondary N) is 2. The smallest absolute Gasteiger partial charge is 0.257 e. The van der Waals surface area contributed by atoms with Crippen molar-refractivity contribution in [3.63, 3.8) is 0 Å². The van der Waals surface area contributed by atoms with Gasteiger partial charge in [0.05, 0.1) is 11.0 Å². The van der Waals surface area contributed by atoms with Gasteiger partial charge in [0, 0.05) is 5.56 Å². The lowest BCUT2D eigenvalue weighted by Crippen LogP contribution is -2.21. The lowest BCUT2D eigenvalue weighted by Gasteiger charge is -2.35. The number of benzene rings is 2. The first-order valence-corrected chi connectivity index (χ1v) is 10.6. The van der Waals surface area contributed by atoms with E-state index >= 15 is 0 Å². The third kappa shape index (κ3) is 3.95. The fourth-order valence-corrected chi connectivity index (χ4v) is 4.53. The number of carbonyl (C=O) groups excluding carboxylic acids is 1. The van der Waals surface area contributed by atoms with Crippen LogP contribution in [0.1, 0.15) is 62.9 Å². The highest BCUT2D eigenvalue weighted by Gasteiger charge is 2.29. The molecule has 1 amide bonds. The van der Waals surface area contributed by atoms with E-state index in [1.54, 1.807) is 5.57 Å². The number of anilines is 1. The highest BCUT2D eigenvalue weighted by molar-refractivity contribution is 6.04. The van der Waals surface area contributed by atoms with Gasteiger partial charge >= 0.3 is 0 Å². The van der Waals surface area contributed by atoms with Gasteiger partial charge in [0.1, 0.15) is 0 Å². The maximum atomic E-state index is 12.6. The Hall–Kier alpha value is -3.14. The number of fused-ring (bicyclic) bond motifs is 1. The van der Waals surface area contributed by atoms with Gasteiger partial charge in [-0.15, -0.1) is 0 Å². The Bertz CT molecular complexity index is 1110. The summed E-state index contributed by atoms with van der Waals surface area (Å²) in [6.07, 6.45) is 5.63. The van der Waals surface area contributed by atoms with Gasteiger partial charge in [0.25, 0.3) is 5.91 Å². The summed E-state index contributed by atoms with van der Waals surface area (Å²) < 4.78 is 0. The third-order valence-corrected chi connectivity index (χ3v) is 6.26. The summed E-state index contributed by atoms with van der Waals surface area (Å²) in [5.41, 5.74) is 8.16. The van der Waals surface area contributed by atoms with E-state index in [9.17, 15) is 4.79 Å². The molecule has 154 valence electrons. The summed E-state index contributed by atoms with van der Waals surface area (Å²) in [4.78, 5) is 20.1. The van der Waals surface area contributed by atoms with Crippen LogP contribution < -0.4 is 5.32 Å². The highest BCUT2D eigenvalue weighted by Crippen LogP contribution is 2.44. The van der Waals surface area contributed by atoms with E-state index in [0.717, 1.165) is 29.4 Å². The average Bonchev–Trinajstić information content (AvgIpc) is 3.13. The first-order chi connectivity index (χ1) is 14.4. The van der Waals surface area contributed by atoms with Crippen molar-refractivity contribution in [2.24, 2.45) is 5.41 Å². The van der Waals surface area contributed by atoms with E-state index < -0.39 is 0 Å². The minimum Gasteiger partial charge on any atom is -0.324 e. The number of hydrogen-bond acceptors (Lipinski definition) is 2. The minimum atomic E-state index is -0.169. The second-order valence-corrected chi connectivity index (χ2v) is 8.69. The summed E-state index contributed by atoms with van der Waals surface area (Å²) in [6, 6.07) is 15.5. The van der Waals surface area contributed by atoms with Crippen molar-refractivity contribution < 1.29 is 4.79 Å². The lowest BCUT2D eigenvalue weighted by molar-refractivity contribution is 0.102. The molecule has 1 heterocycles. The quantitative estimate of drug-likeness (QED) is 0.510. The monoisotopic (exact) mass is 399 g/mol. The molecule has 0 radical (unpaired) electrons. The van der Waals surface area contributed by atoms with Crippen LogP contribution in [0, 0.1) is 5.41 Å². The van der Waals surface area contributed by atoms with E-state index in [2.05, 4.69) is 49.1 Å². The summed E-state index contributed by atoms with van der Waals surface area (Å²) in [7, 11) is 0. The van der Waals surface area contributed by atoms with Gasteiger partial charge in [-0.2, -0.15) is 0 Å². The maximum Gasteiger partial charge on any atom is 0.257 e. The molecule has 0 atom stereocenters. The number of carbonyl (C=O) groups is 1. The molecule has 1 aliphatic rings. The van der Waals surface area contributed by atoms with Crippen LogP contribution in [-0.2, 0) is 0 Å². The van der Waals surface area contributed by atoms with Crippen molar-refractivity contribution in [3.8, 4) is 0 Å². The van der Waals surface area contributed by atoms with Crippen LogP contribution in [0.25, 0.3) is 17.1 Å². The van der Waals surface area contributed by atoms with E-state index in [0.29, 0.717) is 11.5 Å². The van der Waals surface area contributed by atoms with Crippen LogP contribution in [0.5, 0.6) is 0 Å². The van der Waals surface area contributed by atoms with E-state index in [1.165, 1.54) is 17.6 Å². The first-order valence-electron chi connectivity index (χ1n) is 10.6. The summed E-state index contributed by atoms with van der Waals surface area (Å²) in [5, 5.41) is 2.85. The standard InChI is InChI=1S/C26H29N3O/c1-5-21-17(2)20(14-15-26(21,3)4)16-18-10-12-19(13-11-18)24(30)29-25-27-22-8-6-7-9-23(22)28-25/h6-13,16H,5,14-15H2,1-4H3,(H2,27,28,29,30)/b20-16+.